The highest BCUT2D eigenvalue weighted by Crippen LogP contribution is 2.43. The van der Waals surface area contributed by atoms with Crippen molar-refractivity contribution in [2.75, 3.05) is 19.8 Å². The van der Waals surface area contributed by atoms with Gasteiger partial charge in [-0.1, -0.05) is 6.58 Å². The molecule has 2 aliphatic rings. The molecule has 2 rings (SSSR count). The number of hydrogen-bond donors (Lipinski definition) is 0. The molecule has 2 heterocycles. The zero-order chi connectivity index (χ0) is 9.47. The number of ether oxygens (including phenoxy) is 1. The molecule has 0 aromatic carbocycles. The standard InChI is InChI=1S/C11H19NO/c1-9(2)12-7-11(6-10(12)3)4-5-13-8-11/h9H,3-8H2,1-2H3. The molecule has 0 N–H and O–H groups in total. The van der Waals surface area contributed by atoms with Gasteiger partial charge in [0.15, 0.2) is 0 Å². The average Bonchev–Trinajstić information content (AvgIpc) is 2.60. The van der Waals surface area contributed by atoms with E-state index in [0.29, 0.717) is 11.5 Å². The van der Waals surface area contributed by atoms with Crippen molar-refractivity contribution in [2.24, 2.45) is 5.41 Å². The Kier molecular flexibility index (Phi) is 2.11. The van der Waals surface area contributed by atoms with E-state index in [1.54, 1.807) is 0 Å². The van der Waals surface area contributed by atoms with Crippen molar-refractivity contribution in [1.29, 1.82) is 0 Å². The van der Waals surface area contributed by atoms with Crippen LogP contribution >= 0.6 is 0 Å². The fourth-order valence-electron chi connectivity index (χ4n) is 2.52. The highest BCUT2D eigenvalue weighted by Gasteiger charge is 2.43. The highest BCUT2D eigenvalue weighted by atomic mass is 16.5. The molecule has 0 radical (unpaired) electrons. The summed E-state index contributed by atoms with van der Waals surface area (Å²) in [4.78, 5) is 2.43. The topological polar surface area (TPSA) is 12.5 Å². The second-order valence-electron chi connectivity index (χ2n) is 4.77. The van der Waals surface area contributed by atoms with Gasteiger partial charge in [0.05, 0.1) is 6.61 Å². The molecule has 74 valence electrons. The molecule has 13 heavy (non-hydrogen) atoms. The van der Waals surface area contributed by atoms with E-state index in [9.17, 15) is 0 Å². The molecule has 2 saturated heterocycles. The van der Waals surface area contributed by atoms with Crippen LogP contribution in [-0.4, -0.2) is 30.7 Å². The van der Waals surface area contributed by atoms with Crippen molar-refractivity contribution < 1.29 is 4.74 Å². The third-order valence-corrected chi connectivity index (χ3v) is 3.30. The van der Waals surface area contributed by atoms with Gasteiger partial charge in [0.1, 0.15) is 0 Å². The summed E-state index contributed by atoms with van der Waals surface area (Å²) in [6.45, 7) is 11.7. The van der Waals surface area contributed by atoms with Crippen molar-refractivity contribution in [2.45, 2.75) is 32.7 Å². The average molecular weight is 181 g/mol. The summed E-state index contributed by atoms with van der Waals surface area (Å²) in [5.74, 6) is 0. The minimum absolute atomic E-state index is 0.418. The van der Waals surface area contributed by atoms with E-state index >= 15 is 0 Å². The van der Waals surface area contributed by atoms with Gasteiger partial charge in [-0.3, -0.25) is 0 Å². The van der Waals surface area contributed by atoms with Crippen molar-refractivity contribution in [3.63, 3.8) is 0 Å². The molecule has 0 aliphatic carbocycles. The molecule has 1 atom stereocenters. The summed E-state index contributed by atoms with van der Waals surface area (Å²) in [6.07, 6.45) is 2.36. The number of hydrogen-bond acceptors (Lipinski definition) is 2. The monoisotopic (exact) mass is 181 g/mol. The first-order valence-electron chi connectivity index (χ1n) is 5.15. The quantitative estimate of drug-likeness (QED) is 0.613. The van der Waals surface area contributed by atoms with Crippen LogP contribution in [0.5, 0.6) is 0 Å². The van der Waals surface area contributed by atoms with Crippen LogP contribution in [0, 0.1) is 5.41 Å². The SMILES string of the molecule is C=C1CC2(CCOC2)CN1C(C)C. The third-order valence-electron chi connectivity index (χ3n) is 3.30. The van der Waals surface area contributed by atoms with Gasteiger partial charge in [0.2, 0.25) is 0 Å². The Morgan fingerprint density at radius 1 is 1.54 bits per heavy atom. The van der Waals surface area contributed by atoms with Crippen molar-refractivity contribution in [1.82, 2.24) is 4.90 Å². The first-order chi connectivity index (χ1) is 6.13. The van der Waals surface area contributed by atoms with Crippen LogP contribution in [0.3, 0.4) is 0 Å². The Hall–Kier alpha value is -0.500. The van der Waals surface area contributed by atoms with Crippen LogP contribution in [0.4, 0.5) is 0 Å². The normalized spacial score (nSPS) is 34.1. The minimum Gasteiger partial charge on any atom is -0.381 e. The maximum absolute atomic E-state index is 5.49. The van der Waals surface area contributed by atoms with E-state index in [-0.39, 0.29) is 0 Å². The molecule has 0 aromatic rings. The second-order valence-corrected chi connectivity index (χ2v) is 4.77. The summed E-state index contributed by atoms with van der Waals surface area (Å²) >= 11 is 0. The third kappa shape index (κ3) is 1.48. The predicted octanol–water partition coefficient (Wildman–Crippen LogP) is 2.02. The smallest absolute Gasteiger partial charge is 0.0543 e. The molecule has 1 spiro atoms. The molecular weight excluding hydrogens is 162 g/mol. The van der Waals surface area contributed by atoms with E-state index in [0.717, 1.165) is 26.2 Å². The summed E-state index contributed by atoms with van der Waals surface area (Å²) in [5, 5.41) is 0. The van der Waals surface area contributed by atoms with Crippen LogP contribution in [0.25, 0.3) is 0 Å². The zero-order valence-electron chi connectivity index (χ0n) is 8.68. The first kappa shape index (κ1) is 9.07. The number of rotatable bonds is 1. The molecular formula is C11H19NO. The Balaban J connectivity index is 2.09. The van der Waals surface area contributed by atoms with Gasteiger partial charge in [-0.2, -0.15) is 0 Å². The van der Waals surface area contributed by atoms with E-state index in [2.05, 4.69) is 25.3 Å². The Morgan fingerprint density at radius 2 is 2.31 bits per heavy atom. The van der Waals surface area contributed by atoms with Gasteiger partial charge in [-0.05, 0) is 26.7 Å². The van der Waals surface area contributed by atoms with Crippen LogP contribution in [-0.2, 0) is 4.74 Å². The molecule has 0 bridgehead atoms. The second kappa shape index (κ2) is 3.02. The van der Waals surface area contributed by atoms with Crippen LogP contribution in [0.1, 0.15) is 26.7 Å². The lowest BCUT2D eigenvalue weighted by atomic mass is 9.86. The molecule has 0 amide bonds. The van der Waals surface area contributed by atoms with Gasteiger partial charge in [0, 0.05) is 30.3 Å². The van der Waals surface area contributed by atoms with Gasteiger partial charge >= 0.3 is 0 Å². The fraction of sp³-hybridized carbons (Fsp3) is 0.818. The Morgan fingerprint density at radius 3 is 2.77 bits per heavy atom. The maximum Gasteiger partial charge on any atom is 0.0543 e. The van der Waals surface area contributed by atoms with Crippen molar-refractivity contribution in [3.05, 3.63) is 12.3 Å². The lowest BCUT2D eigenvalue weighted by Crippen LogP contribution is -2.31. The molecule has 2 heteroatoms. The van der Waals surface area contributed by atoms with E-state index in [1.165, 1.54) is 12.1 Å². The Bertz CT molecular complexity index is 216. The van der Waals surface area contributed by atoms with Crippen LogP contribution < -0.4 is 0 Å². The number of likely N-dealkylation sites (tertiary alicyclic amines) is 1. The van der Waals surface area contributed by atoms with Gasteiger partial charge in [0.25, 0.3) is 0 Å². The molecule has 0 aromatic heterocycles. The van der Waals surface area contributed by atoms with Crippen molar-refractivity contribution in [3.8, 4) is 0 Å². The van der Waals surface area contributed by atoms with Gasteiger partial charge in [-0.25, -0.2) is 0 Å². The fourth-order valence-corrected chi connectivity index (χ4v) is 2.52. The maximum atomic E-state index is 5.49. The summed E-state index contributed by atoms with van der Waals surface area (Å²) in [7, 11) is 0. The minimum atomic E-state index is 0.418. The number of nitrogens with zero attached hydrogens (tertiary/aromatic N) is 1. The van der Waals surface area contributed by atoms with E-state index < -0.39 is 0 Å². The zero-order valence-corrected chi connectivity index (χ0v) is 8.68. The molecule has 2 aliphatic heterocycles. The largest absolute Gasteiger partial charge is 0.381 e. The number of allylic oxidation sites excluding steroid dienone is 1. The first-order valence-corrected chi connectivity index (χ1v) is 5.15. The van der Waals surface area contributed by atoms with Crippen LogP contribution in [0.2, 0.25) is 0 Å². The molecule has 2 nitrogen and oxygen atoms in total. The van der Waals surface area contributed by atoms with Gasteiger partial charge in [-0.15, -0.1) is 0 Å². The Labute approximate surface area is 80.6 Å². The predicted molar refractivity (Wildman–Crippen MR) is 53.5 cm³/mol. The van der Waals surface area contributed by atoms with E-state index in [1.807, 2.05) is 0 Å². The van der Waals surface area contributed by atoms with Crippen LogP contribution in [0.15, 0.2) is 12.3 Å². The van der Waals surface area contributed by atoms with Gasteiger partial charge < -0.3 is 9.64 Å². The molecule has 1 unspecified atom stereocenters. The lowest BCUT2D eigenvalue weighted by molar-refractivity contribution is 0.148. The summed E-state index contributed by atoms with van der Waals surface area (Å²) in [6, 6.07) is 0.590. The molecule has 0 saturated carbocycles. The van der Waals surface area contributed by atoms with E-state index in [4.69, 9.17) is 4.74 Å². The summed E-state index contributed by atoms with van der Waals surface area (Å²) in [5.41, 5.74) is 1.72. The lowest BCUT2D eigenvalue weighted by Gasteiger charge is -2.26. The summed E-state index contributed by atoms with van der Waals surface area (Å²) < 4.78 is 5.49. The van der Waals surface area contributed by atoms with Crippen molar-refractivity contribution >= 4 is 0 Å². The highest BCUT2D eigenvalue weighted by molar-refractivity contribution is 5.11. The molecule has 2 fully saturated rings.